The summed E-state index contributed by atoms with van der Waals surface area (Å²) in [7, 11) is 0. The van der Waals surface area contributed by atoms with Crippen LogP contribution >= 0.6 is 61.1 Å². The number of thiocarbonyl (C=S) groups is 1. The lowest BCUT2D eigenvalue weighted by molar-refractivity contribution is 0.102. The summed E-state index contributed by atoms with van der Waals surface area (Å²) in [6.07, 6.45) is 3.54. The van der Waals surface area contributed by atoms with Crippen LogP contribution in [-0.2, 0) is 12.8 Å². The van der Waals surface area contributed by atoms with Crippen molar-refractivity contribution in [3.63, 3.8) is 0 Å². The molecule has 384 valence electrons. The predicted molar refractivity (Wildman–Crippen MR) is 314 cm³/mol. The highest BCUT2D eigenvalue weighted by atomic mass is 79.9. The van der Waals surface area contributed by atoms with Gasteiger partial charge in [0, 0.05) is 113 Å². The highest BCUT2D eigenvalue weighted by Gasteiger charge is 2.20. The summed E-state index contributed by atoms with van der Waals surface area (Å²) < 4.78 is 0. The number of rotatable bonds is 18. The van der Waals surface area contributed by atoms with Gasteiger partial charge in [0.05, 0.1) is 5.33 Å². The normalized spacial score (nSPS) is 14.0. The minimum absolute atomic E-state index is 0. The predicted octanol–water partition coefficient (Wildman–Crippen LogP) is 8.61. The number of hydrogen-bond acceptors (Lipinski definition) is 14. The van der Waals surface area contributed by atoms with E-state index in [0.717, 1.165) is 119 Å². The fourth-order valence-corrected chi connectivity index (χ4v) is 9.68. The number of benzene rings is 4. The summed E-state index contributed by atoms with van der Waals surface area (Å²) in [5.74, 6) is 1.18. The molecule has 1 atom stereocenters. The van der Waals surface area contributed by atoms with E-state index >= 15 is 0 Å². The van der Waals surface area contributed by atoms with Gasteiger partial charge in [0.1, 0.15) is 10.7 Å². The second-order valence-electron chi connectivity index (χ2n) is 16.6. The van der Waals surface area contributed by atoms with Gasteiger partial charge in [-0.15, -0.1) is 0 Å². The monoisotopic (exact) mass is 1110 g/mol. The van der Waals surface area contributed by atoms with Crippen molar-refractivity contribution >= 4 is 117 Å². The maximum absolute atomic E-state index is 12.9. The highest BCUT2D eigenvalue weighted by molar-refractivity contribution is 9.09. The number of alkyl halides is 1. The Morgan fingerprint density at radius 1 is 0.761 bits per heavy atom. The zero-order valence-corrected chi connectivity index (χ0v) is 46.8. The molecular weight excluding hydrogens is 1040 g/mol. The molecule has 14 nitrogen and oxygen atoms in total. The van der Waals surface area contributed by atoms with E-state index < -0.39 is 0 Å². The standard InChI is InChI=1S/C25H31N5O2S.C17H27N5OS2.C10H11BrO.H3P/c1-2-18-5-3-6-19(17-18)22(32)23-24(26)28-25(33-23)27-20-7-9-21(10-8-20)30-14-12-29(13-15-30)11-4-16-31;1-2-25-16(18)20-17(24)19-14-4-6-15(7-5-14)22-11-9-21(10-12-22)8-3-13-23;1-2-8-4-3-5-9(6-8)10(12)7-11;/h3,5-10,17,31H,2,4,11-16,26H2,1H3,(H,27,28);4-7,23H,2-3,8-13H2,1H3,(H3,18,19,20,24);3-6H,2,7H2,1H3;1H3. The summed E-state index contributed by atoms with van der Waals surface area (Å²) in [6, 6.07) is 31.9. The zero-order chi connectivity index (χ0) is 50.3. The van der Waals surface area contributed by atoms with Crippen LogP contribution < -0.4 is 31.9 Å². The molecule has 8 N–H and O–H groups in total. The number of nitrogens with zero attached hydrogens (tertiary/aromatic N) is 6. The second-order valence-corrected chi connectivity index (χ2v) is 19.8. The number of aryl methyl sites for hydroxylation is 2. The SMILES string of the molecule is CCSC(N)=NC(=S)Nc1ccc(N2CCN(CCCO)CC2)cc1.CCc1cccc(C(=O)CBr)c1.CCc1cccc(C(=O)c2sc(Nc3ccc(N4CCN(CCCO)CC4)cc3)nc2N)c1.P. The molecule has 2 aliphatic rings. The number of piperazine rings is 2. The lowest BCUT2D eigenvalue weighted by atomic mass is 10.1. The first-order chi connectivity index (χ1) is 34.0. The van der Waals surface area contributed by atoms with E-state index in [-0.39, 0.29) is 40.5 Å². The van der Waals surface area contributed by atoms with Crippen LogP contribution in [0.2, 0.25) is 0 Å². The summed E-state index contributed by atoms with van der Waals surface area (Å²) in [6.45, 7) is 16.7. The van der Waals surface area contributed by atoms with E-state index in [0.29, 0.717) is 31.2 Å². The van der Waals surface area contributed by atoms with Crippen LogP contribution in [0.15, 0.2) is 102 Å². The molecule has 1 aromatic heterocycles. The number of carbonyl (C=O) groups excluding carboxylic acids is 2. The molecule has 0 amide bonds. The molecule has 7 rings (SSSR count). The Morgan fingerprint density at radius 3 is 1.73 bits per heavy atom. The molecule has 0 bridgehead atoms. The van der Waals surface area contributed by atoms with Gasteiger partial charge in [0.2, 0.25) is 5.78 Å². The Labute approximate surface area is 445 Å². The molecule has 3 heterocycles. The molecule has 71 heavy (non-hydrogen) atoms. The number of nitrogens with one attached hydrogen (secondary N) is 2. The number of aliphatic imine (C=N–C) groups is 1. The number of nitrogens with two attached hydrogens (primary N) is 2. The number of thiazole rings is 1. The number of amidine groups is 1. The van der Waals surface area contributed by atoms with Crippen molar-refractivity contribution in [1.82, 2.24) is 14.8 Å². The fourth-order valence-electron chi connectivity index (χ4n) is 7.77. The van der Waals surface area contributed by atoms with Gasteiger partial charge >= 0.3 is 0 Å². The number of Topliss-reactive ketones (excluding diaryl/α,β-unsaturated/α-hetero) is 1. The lowest BCUT2D eigenvalue weighted by Crippen LogP contribution is -2.46. The van der Waals surface area contributed by atoms with Crippen molar-refractivity contribution < 1.29 is 19.8 Å². The first-order valence-corrected chi connectivity index (χ1v) is 27.3. The zero-order valence-electron chi connectivity index (χ0n) is 41.3. The topological polar surface area (TPSA) is 189 Å². The van der Waals surface area contributed by atoms with Crippen molar-refractivity contribution in [2.45, 2.75) is 46.5 Å². The van der Waals surface area contributed by atoms with Gasteiger partial charge in [-0.05, 0) is 115 Å². The number of aliphatic hydroxyl groups is 2. The summed E-state index contributed by atoms with van der Waals surface area (Å²) in [5, 5.41) is 26.2. The van der Waals surface area contributed by atoms with E-state index in [2.05, 4.69) is 94.3 Å². The Balaban J connectivity index is 0.000000254. The van der Waals surface area contributed by atoms with Gasteiger partial charge < -0.3 is 42.1 Å². The van der Waals surface area contributed by atoms with E-state index in [1.165, 1.54) is 40.0 Å². The van der Waals surface area contributed by atoms with Gasteiger partial charge in [-0.3, -0.25) is 19.4 Å². The van der Waals surface area contributed by atoms with E-state index in [1.807, 2.05) is 79.7 Å². The molecule has 2 saturated heterocycles. The third-order valence-electron chi connectivity index (χ3n) is 11.7. The van der Waals surface area contributed by atoms with E-state index in [4.69, 9.17) is 33.9 Å². The van der Waals surface area contributed by atoms with E-state index in [9.17, 15) is 9.59 Å². The van der Waals surface area contributed by atoms with Crippen molar-refractivity contribution in [3.05, 3.63) is 124 Å². The van der Waals surface area contributed by atoms with Gasteiger partial charge in [-0.25, -0.2) is 4.98 Å². The Kier molecular flexibility index (Phi) is 26.5. The van der Waals surface area contributed by atoms with Gasteiger partial charge in [-0.1, -0.05) is 96.2 Å². The number of aromatic nitrogens is 1. The van der Waals surface area contributed by atoms with Crippen LogP contribution in [-0.4, -0.2) is 137 Å². The van der Waals surface area contributed by atoms with Crippen LogP contribution in [0.3, 0.4) is 0 Å². The molecule has 0 aliphatic carbocycles. The van der Waals surface area contributed by atoms with Gasteiger partial charge in [-0.2, -0.15) is 14.9 Å². The maximum atomic E-state index is 12.9. The number of ketones is 2. The third kappa shape index (κ3) is 19.5. The molecule has 0 radical (unpaired) electrons. The Morgan fingerprint density at radius 2 is 1.25 bits per heavy atom. The number of hydrogen-bond donors (Lipinski definition) is 6. The first kappa shape index (κ1) is 59.1. The molecule has 4 aromatic carbocycles. The Hall–Kier alpha value is -4.49. The third-order valence-corrected chi connectivity index (χ3v) is 14.1. The van der Waals surface area contributed by atoms with Crippen LogP contribution in [0.5, 0.6) is 0 Å². The minimum Gasteiger partial charge on any atom is -0.396 e. The second kappa shape index (κ2) is 31.9. The Bertz CT molecular complexity index is 2430. The van der Waals surface area contributed by atoms with Crippen LogP contribution in [0, 0.1) is 0 Å². The quantitative estimate of drug-likeness (QED) is 0.0122. The molecule has 2 aliphatic heterocycles. The fraction of sp³-hybridized carbons (Fsp3) is 0.404. The molecule has 0 saturated carbocycles. The average molecular weight is 1110 g/mol. The molecule has 19 heteroatoms. The summed E-state index contributed by atoms with van der Waals surface area (Å²) >= 11 is 11.1. The molecule has 1 unspecified atom stereocenters. The molecule has 0 spiro atoms. The van der Waals surface area contributed by atoms with Crippen LogP contribution in [0.1, 0.15) is 70.3 Å². The largest absolute Gasteiger partial charge is 0.396 e. The smallest absolute Gasteiger partial charge is 0.206 e. The van der Waals surface area contributed by atoms with Gasteiger partial charge in [0.25, 0.3) is 0 Å². The number of halogens is 1. The maximum Gasteiger partial charge on any atom is 0.206 e. The van der Waals surface area contributed by atoms with Crippen molar-refractivity contribution in [1.29, 1.82) is 0 Å². The summed E-state index contributed by atoms with van der Waals surface area (Å²) in [4.78, 5) is 42.7. The summed E-state index contributed by atoms with van der Waals surface area (Å²) in [5.41, 5.74) is 19.8. The molecular formula is C52H72BrN10O4PS3. The minimum atomic E-state index is -0.0955. The van der Waals surface area contributed by atoms with Crippen LogP contribution in [0.25, 0.3) is 0 Å². The first-order valence-electron chi connectivity index (χ1n) is 24.0. The van der Waals surface area contributed by atoms with E-state index in [1.54, 1.807) is 0 Å². The molecule has 2 fully saturated rings. The number of aliphatic hydroxyl groups excluding tert-OH is 2. The van der Waals surface area contributed by atoms with Crippen molar-refractivity contribution in [2.75, 3.05) is 116 Å². The number of anilines is 6. The van der Waals surface area contributed by atoms with Crippen molar-refractivity contribution in [2.24, 2.45) is 10.7 Å². The number of thioether (sulfide) groups is 1. The van der Waals surface area contributed by atoms with Crippen LogP contribution in [0.4, 0.5) is 33.7 Å². The highest BCUT2D eigenvalue weighted by Crippen LogP contribution is 2.31. The number of nitrogen functional groups attached to an aromatic ring is 1. The molecule has 5 aromatic rings. The number of carbonyl (C=O) groups is 2. The van der Waals surface area contributed by atoms with Crippen molar-refractivity contribution in [3.8, 4) is 0 Å². The lowest BCUT2D eigenvalue weighted by Gasteiger charge is -2.36. The average Bonchev–Trinajstić information content (AvgIpc) is 3.76. The van der Waals surface area contributed by atoms with Gasteiger partial charge in [0.15, 0.2) is 21.2 Å².